The maximum Gasteiger partial charge on any atom is 0.334 e. The molecule has 3 aliphatic rings. The van der Waals surface area contributed by atoms with Crippen LogP contribution in [-0.4, -0.2) is 73.7 Å². The molecule has 0 spiro atoms. The number of aromatic nitrogens is 2. The molecule has 4 heterocycles. The molecule has 2 N–H and O–H groups in total. The Morgan fingerprint density at radius 2 is 1.61 bits per heavy atom. The van der Waals surface area contributed by atoms with E-state index in [9.17, 15) is 9.90 Å². The number of anilines is 3. The van der Waals surface area contributed by atoms with E-state index in [2.05, 4.69) is 33.3 Å². The van der Waals surface area contributed by atoms with Crippen molar-refractivity contribution in [2.75, 3.05) is 67.7 Å². The van der Waals surface area contributed by atoms with Crippen molar-refractivity contribution in [3.8, 4) is 0 Å². The summed E-state index contributed by atoms with van der Waals surface area (Å²) in [6.45, 7) is 7.04. The van der Waals surface area contributed by atoms with Crippen LogP contribution in [0.15, 0.2) is 53.7 Å². The smallest absolute Gasteiger partial charge is 0.334 e. The molecule has 9 nitrogen and oxygen atoms in total. The first-order valence-electron chi connectivity index (χ1n) is 12.4. The molecule has 0 saturated carbocycles. The summed E-state index contributed by atoms with van der Waals surface area (Å²) in [5.41, 5.74) is 2.64. The van der Waals surface area contributed by atoms with Gasteiger partial charge in [-0.05, 0) is 23.3 Å². The van der Waals surface area contributed by atoms with Crippen molar-refractivity contribution in [3.05, 3.63) is 64.9 Å². The standard InChI is InChI=1S/C27H29N5O4/c1-17-21(26(33)34)22(20-8-4-6-18-5-2-3-7-19(18)20)23-24(28-17)29-27(32-11-15-36-16-12-32)30-25(23)31-9-13-35-14-10-31/h2-8,22H,9-16H2,1H3,(H,33,34)(H,28,29,30). The van der Waals surface area contributed by atoms with Crippen molar-refractivity contribution in [2.45, 2.75) is 12.8 Å². The average Bonchev–Trinajstić information content (AvgIpc) is 2.92. The van der Waals surface area contributed by atoms with E-state index in [1.165, 1.54) is 0 Å². The number of aliphatic carboxylic acids is 1. The highest BCUT2D eigenvalue weighted by atomic mass is 16.5. The minimum atomic E-state index is -0.950. The molecule has 1 atom stereocenters. The second-order valence-electron chi connectivity index (χ2n) is 9.28. The summed E-state index contributed by atoms with van der Waals surface area (Å²) in [4.78, 5) is 27.1. The maximum absolute atomic E-state index is 12.7. The van der Waals surface area contributed by atoms with Gasteiger partial charge >= 0.3 is 5.97 Å². The summed E-state index contributed by atoms with van der Waals surface area (Å²) in [6, 6.07) is 14.2. The first-order valence-corrected chi connectivity index (χ1v) is 12.4. The lowest BCUT2D eigenvalue weighted by Crippen LogP contribution is -2.41. The van der Waals surface area contributed by atoms with Crippen molar-refractivity contribution >= 4 is 34.3 Å². The number of hydrogen-bond donors (Lipinski definition) is 2. The molecule has 3 aliphatic heterocycles. The van der Waals surface area contributed by atoms with Gasteiger partial charge in [-0.3, -0.25) is 0 Å². The number of ether oxygens (including phenoxy) is 2. The van der Waals surface area contributed by atoms with Gasteiger partial charge in [0.1, 0.15) is 11.6 Å². The number of carboxylic acids is 1. The minimum Gasteiger partial charge on any atom is -0.478 e. The maximum atomic E-state index is 12.7. The van der Waals surface area contributed by atoms with Gasteiger partial charge < -0.3 is 29.7 Å². The Bertz CT molecular complexity index is 1340. The van der Waals surface area contributed by atoms with Crippen LogP contribution in [0.25, 0.3) is 10.8 Å². The van der Waals surface area contributed by atoms with E-state index in [0.29, 0.717) is 75.6 Å². The molecule has 2 saturated heterocycles. The monoisotopic (exact) mass is 487 g/mol. The topological polar surface area (TPSA) is 100 Å². The van der Waals surface area contributed by atoms with Crippen LogP contribution >= 0.6 is 0 Å². The van der Waals surface area contributed by atoms with Crippen molar-refractivity contribution in [1.29, 1.82) is 0 Å². The molecular weight excluding hydrogens is 458 g/mol. The van der Waals surface area contributed by atoms with Gasteiger partial charge in [0.25, 0.3) is 0 Å². The predicted molar refractivity (Wildman–Crippen MR) is 138 cm³/mol. The zero-order chi connectivity index (χ0) is 24.6. The molecule has 0 aliphatic carbocycles. The highest BCUT2D eigenvalue weighted by Gasteiger charge is 2.38. The molecule has 0 bridgehead atoms. The van der Waals surface area contributed by atoms with E-state index >= 15 is 0 Å². The van der Waals surface area contributed by atoms with Crippen molar-refractivity contribution < 1.29 is 19.4 Å². The summed E-state index contributed by atoms with van der Waals surface area (Å²) in [5.74, 6) is 0.583. The fourth-order valence-electron chi connectivity index (χ4n) is 5.43. The zero-order valence-corrected chi connectivity index (χ0v) is 20.2. The Labute approximate surface area is 209 Å². The Morgan fingerprint density at radius 1 is 0.944 bits per heavy atom. The van der Waals surface area contributed by atoms with Gasteiger partial charge in [-0.2, -0.15) is 9.97 Å². The van der Waals surface area contributed by atoms with E-state index in [1.807, 2.05) is 31.2 Å². The number of carboxylic acid groups (broad SMARTS) is 1. The fourth-order valence-corrected chi connectivity index (χ4v) is 5.43. The Kier molecular flexibility index (Phi) is 5.94. The van der Waals surface area contributed by atoms with Crippen LogP contribution in [0.3, 0.4) is 0 Å². The quantitative estimate of drug-likeness (QED) is 0.575. The minimum absolute atomic E-state index is 0.316. The van der Waals surface area contributed by atoms with Crippen LogP contribution in [0.2, 0.25) is 0 Å². The van der Waals surface area contributed by atoms with E-state index < -0.39 is 11.9 Å². The highest BCUT2D eigenvalue weighted by molar-refractivity contribution is 5.97. The molecule has 0 amide bonds. The van der Waals surface area contributed by atoms with Crippen LogP contribution in [0, 0.1) is 0 Å². The van der Waals surface area contributed by atoms with Crippen LogP contribution in [0.5, 0.6) is 0 Å². The fraction of sp³-hybridized carbons (Fsp3) is 0.370. The third-order valence-corrected chi connectivity index (χ3v) is 7.17. The number of morpholine rings is 2. The van der Waals surface area contributed by atoms with E-state index in [0.717, 1.165) is 27.7 Å². The summed E-state index contributed by atoms with van der Waals surface area (Å²) in [6.07, 6.45) is 0. The Balaban J connectivity index is 1.61. The van der Waals surface area contributed by atoms with Crippen molar-refractivity contribution in [2.24, 2.45) is 0 Å². The molecule has 6 rings (SSSR count). The summed E-state index contributed by atoms with van der Waals surface area (Å²) < 4.78 is 11.2. The molecule has 1 unspecified atom stereocenters. The number of rotatable bonds is 4. The van der Waals surface area contributed by atoms with Gasteiger partial charge in [0, 0.05) is 37.4 Å². The van der Waals surface area contributed by atoms with Crippen molar-refractivity contribution in [3.63, 3.8) is 0 Å². The molecular formula is C27H29N5O4. The zero-order valence-electron chi connectivity index (χ0n) is 20.2. The molecule has 0 radical (unpaired) electrons. The molecule has 2 fully saturated rings. The lowest BCUT2D eigenvalue weighted by Gasteiger charge is -2.37. The number of nitrogens with zero attached hydrogens (tertiary/aromatic N) is 4. The number of benzene rings is 2. The van der Waals surface area contributed by atoms with Crippen LogP contribution in [0.1, 0.15) is 24.0 Å². The number of fused-ring (bicyclic) bond motifs is 2. The van der Waals surface area contributed by atoms with Gasteiger partial charge in [-0.15, -0.1) is 0 Å². The largest absolute Gasteiger partial charge is 0.478 e. The number of nitrogens with one attached hydrogen (secondary N) is 1. The van der Waals surface area contributed by atoms with Gasteiger partial charge in [0.15, 0.2) is 0 Å². The second-order valence-corrected chi connectivity index (χ2v) is 9.28. The lowest BCUT2D eigenvalue weighted by atomic mass is 9.80. The molecule has 9 heteroatoms. The van der Waals surface area contributed by atoms with Crippen molar-refractivity contribution in [1.82, 2.24) is 9.97 Å². The number of allylic oxidation sites excluding steroid dienone is 1. The summed E-state index contributed by atoms with van der Waals surface area (Å²) >= 11 is 0. The Morgan fingerprint density at radius 3 is 2.33 bits per heavy atom. The van der Waals surface area contributed by atoms with E-state index in [4.69, 9.17) is 19.4 Å². The van der Waals surface area contributed by atoms with Gasteiger partial charge in [-0.25, -0.2) is 4.79 Å². The SMILES string of the molecule is CC1=C(C(=O)O)C(c2cccc3ccccc23)c2c(nc(N3CCOCC3)nc2N2CCOCC2)N1. The van der Waals surface area contributed by atoms with Gasteiger partial charge in [0.05, 0.1) is 37.9 Å². The average molecular weight is 488 g/mol. The first kappa shape index (κ1) is 22.8. The number of carbonyl (C=O) groups is 1. The predicted octanol–water partition coefficient (Wildman–Crippen LogP) is 3.22. The molecule has 2 aromatic carbocycles. The highest BCUT2D eigenvalue weighted by Crippen LogP contribution is 2.47. The second kappa shape index (κ2) is 9.40. The summed E-state index contributed by atoms with van der Waals surface area (Å²) in [5, 5.41) is 15.8. The molecule has 3 aromatic rings. The lowest BCUT2D eigenvalue weighted by molar-refractivity contribution is -0.132. The molecule has 36 heavy (non-hydrogen) atoms. The van der Waals surface area contributed by atoms with Crippen LogP contribution in [-0.2, 0) is 14.3 Å². The first-order chi connectivity index (χ1) is 17.6. The van der Waals surface area contributed by atoms with Gasteiger partial charge in [-0.1, -0.05) is 42.5 Å². The van der Waals surface area contributed by atoms with Crippen LogP contribution in [0.4, 0.5) is 17.6 Å². The third kappa shape index (κ3) is 3.94. The molecule has 1 aromatic heterocycles. The molecule has 186 valence electrons. The normalized spacial score (nSPS) is 20.3. The van der Waals surface area contributed by atoms with E-state index in [1.54, 1.807) is 0 Å². The van der Waals surface area contributed by atoms with Gasteiger partial charge in [0.2, 0.25) is 5.95 Å². The van der Waals surface area contributed by atoms with E-state index in [-0.39, 0.29) is 0 Å². The number of hydrogen-bond acceptors (Lipinski definition) is 8. The summed E-state index contributed by atoms with van der Waals surface area (Å²) in [7, 11) is 0. The Hall–Kier alpha value is -3.69. The van der Waals surface area contributed by atoms with Crippen LogP contribution < -0.4 is 15.1 Å². The third-order valence-electron chi connectivity index (χ3n) is 7.17.